The topological polar surface area (TPSA) is 58.9 Å². The van der Waals surface area contributed by atoms with E-state index in [1.165, 1.54) is 19.2 Å². The molecule has 0 saturated heterocycles. The molecule has 0 aromatic heterocycles. The van der Waals surface area contributed by atoms with Gasteiger partial charge < -0.3 is 9.84 Å². The molecule has 0 spiro atoms. The van der Waals surface area contributed by atoms with E-state index in [1.54, 1.807) is 0 Å². The molecule has 0 heterocycles. The normalized spacial score (nSPS) is 11.2. The van der Waals surface area contributed by atoms with Crippen molar-refractivity contribution in [2.24, 2.45) is 4.99 Å². The minimum atomic E-state index is -1.33. The molecular weight excluding hydrogens is 393 g/mol. The van der Waals surface area contributed by atoms with Gasteiger partial charge in [0.15, 0.2) is 0 Å². The smallest absolute Gasteiger partial charge is 0.338 e. The number of ether oxygens (including phenoxy) is 1. The van der Waals surface area contributed by atoms with Crippen LogP contribution >= 0.6 is 11.6 Å². The molecule has 0 aliphatic rings. The van der Waals surface area contributed by atoms with Crippen molar-refractivity contribution in [2.75, 3.05) is 7.11 Å². The van der Waals surface area contributed by atoms with Crippen LogP contribution in [0.5, 0.6) is 0 Å². The molecular formula is C23H17ClFNO3. The van der Waals surface area contributed by atoms with Gasteiger partial charge in [-0.1, -0.05) is 54.6 Å². The maximum atomic E-state index is 13.9. The number of carboxylic acids is 1. The Kier molecular flexibility index (Phi) is 6.10. The average molecular weight is 410 g/mol. The standard InChI is InChI=1S/C23H17ClFNO3/c1-14(17-11-12-19(23(27)28)21(25)13-17)26-22(29-2)16-9-7-15(8-10-16)18-5-3-4-6-20(18)24/h3-13H,1H2,2H3,(H,27,28). The van der Waals surface area contributed by atoms with E-state index in [4.69, 9.17) is 21.4 Å². The molecule has 0 aliphatic heterocycles. The van der Waals surface area contributed by atoms with E-state index in [9.17, 15) is 9.18 Å². The first-order valence-electron chi connectivity index (χ1n) is 8.61. The van der Waals surface area contributed by atoms with Crippen LogP contribution < -0.4 is 0 Å². The molecule has 0 aliphatic carbocycles. The highest BCUT2D eigenvalue weighted by Crippen LogP contribution is 2.28. The Morgan fingerprint density at radius 2 is 1.72 bits per heavy atom. The number of nitrogens with zero attached hydrogens (tertiary/aromatic N) is 1. The van der Waals surface area contributed by atoms with Gasteiger partial charge in [-0.2, -0.15) is 0 Å². The van der Waals surface area contributed by atoms with Crippen molar-refractivity contribution in [2.45, 2.75) is 0 Å². The van der Waals surface area contributed by atoms with Gasteiger partial charge in [0.05, 0.1) is 18.4 Å². The number of carboxylic acid groups (broad SMARTS) is 1. The Morgan fingerprint density at radius 3 is 2.31 bits per heavy atom. The Morgan fingerprint density at radius 1 is 1.07 bits per heavy atom. The van der Waals surface area contributed by atoms with E-state index in [1.807, 2.05) is 48.5 Å². The van der Waals surface area contributed by atoms with Crippen molar-refractivity contribution in [3.8, 4) is 11.1 Å². The Bertz CT molecular complexity index is 1110. The van der Waals surface area contributed by atoms with Crippen LogP contribution in [0, 0.1) is 5.82 Å². The largest absolute Gasteiger partial charge is 0.481 e. The molecule has 0 atom stereocenters. The van der Waals surface area contributed by atoms with Crippen LogP contribution in [0.4, 0.5) is 4.39 Å². The van der Waals surface area contributed by atoms with Gasteiger partial charge in [-0.05, 0) is 35.9 Å². The molecule has 0 fully saturated rings. The van der Waals surface area contributed by atoms with Gasteiger partial charge in [0.2, 0.25) is 5.90 Å². The lowest BCUT2D eigenvalue weighted by atomic mass is 10.0. The number of rotatable bonds is 5. The molecule has 0 saturated carbocycles. The van der Waals surface area contributed by atoms with Crippen LogP contribution in [-0.2, 0) is 4.74 Å². The lowest BCUT2D eigenvalue weighted by Gasteiger charge is -2.09. The first kappa shape index (κ1) is 20.3. The molecule has 3 rings (SSSR count). The number of benzene rings is 3. The van der Waals surface area contributed by atoms with Gasteiger partial charge in [0.25, 0.3) is 0 Å². The first-order chi connectivity index (χ1) is 13.9. The van der Waals surface area contributed by atoms with E-state index in [0.717, 1.165) is 17.2 Å². The van der Waals surface area contributed by atoms with E-state index in [-0.39, 0.29) is 5.70 Å². The molecule has 146 valence electrons. The fourth-order valence-corrected chi connectivity index (χ4v) is 3.02. The number of hydrogen-bond acceptors (Lipinski definition) is 3. The average Bonchev–Trinajstić information content (AvgIpc) is 2.72. The third kappa shape index (κ3) is 4.52. The van der Waals surface area contributed by atoms with Gasteiger partial charge >= 0.3 is 5.97 Å². The highest BCUT2D eigenvalue weighted by atomic mass is 35.5. The number of methoxy groups -OCH3 is 1. The molecule has 0 unspecified atom stereocenters. The molecule has 6 heteroatoms. The fourth-order valence-electron chi connectivity index (χ4n) is 2.77. The van der Waals surface area contributed by atoms with Crippen molar-refractivity contribution >= 4 is 29.2 Å². The summed E-state index contributed by atoms with van der Waals surface area (Å²) in [6.07, 6.45) is 0. The summed E-state index contributed by atoms with van der Waals surface area (Å²) in [4.78, 5) is 15.3. The van der Waals surface area contributed by atoms with Crippen LogP contribution in [0.2, 0.25) is 5.02 Å². The Labute approximate surface area is 172 Å². The van der Waals surface area contributed by atoms with E-state index in [0.29, 0.717) is 22.0 Å². The molecule has 1 N–H and O–H groups in total. The van der Waals surface area contributed by atoms with Crippen LogP contribution in [0.1, 0.15) is 21.5 Å². The second-order valence-electron chi connectivity index (χ2n) is 6.12. The molecule has 3 aromatic rings. The maximum Gasteiger partial charge on any atom is 0.338 e. The summed E-state index contributed by atoms with van der Waals surface area (Å²) < 4.78 is 19.3. The lowest BCUT2D eigenvalue weighted by Crippen LogP contribution is -2.04. The monoisotopic (exact) mass is 409 g/mol. The van der Waals surface area contributed by atoms with E-state index in [2.05, 4.69) is 11.6 Å². The summed E-state index contributed by atoms with van der Waals surface area (Å²) in [5.41, 5.74) is 2.75. The molecule has 3 aromatic carbocycles. The Hall–Kier alpha value is -3.44. The van der Waals surface area contributed by atoms with Gasteiger partial charge in [0.1, 0.15) is 5.82 Å². The van der Waals surface area contributed by atoms with Crippen molar-refractivity contribution in [1.29, 1.82) is 0 Å². The van der Waals surface area contributed by atoms with E-state index < -0.39 is 17.3 Å². The second kappa shape index (κ2) is 8.71. The maximum absolute atomic E-state index is 13.9. The van der Waals surface area contributed by atoms with Crippen LogP contribution in [0.3, 0.4) is 0 Å². The molecule has 0 radical (unpaired) electrons. The minimum Gasteiger partial charge on any atom is -0.481 e. The van der Waals surface area contributed by atoms with Crippen molar-refractivity contribution in [3.05, 3.63) is 101 Å². The SMILES string of the molecule is C=C(N=C(OC)c1ccc(-c2ccccc2Cl)cc1)c1ccc(C(=O)O)c(F)c1. The number of carbonyl (C=O) groups is 1. The summed E-state index contributed by atoms with van der Waals surface area (Å²) in [5, 5.41) is 9.58. The Balaban J connectivity index is 1.88. The van der Waals surface area contributed by atoms with Gasteiger partial charge in [0, 0.05) is 21.7 Å². The van der Waals surface area contributed by atoms with Crippen molar-refractivity contribution < 1.29 is 19.0 Å². The summed E-state index contributed by atoms with van der Waals surface area (Å²) in [6, 6.07) is 18.7. The van der Waals surface area contributed by atoms with Crippen LogP contribution in [0.25, 0.3) is 16.8 Å². The molecule has 4 nitrogen and oxygen atoms in total. The predicted octanol–water partition coefficient (Wildman–Crippen LogP) is 5.91. The summed E-state index contributed by atoms with van der Waals surface area (Å²) in [5.74, 6) is -1.89. The number of halogens is 2. The number of hydrogen-bond donors (Lipinski definition) is 1. The quantitative estimate of drug-likeness (QED) is 0.421. The molecule has 0 amide bonds. The highest BCUT2D eigenvalue weighted by molar-refractivity contribution is 6.33. The van der Waals surface area contributed by atoms with Gasteiger partial charge in [-0.3, -0.25) is 0 Å². The molecule has 0 bridgehead atoms. The first-order valence-corrected chi connectivity index (χ1v) is 8.98. The third-order valence-electron chi connectivity index (χ3n) is 4.28. The zero-order valence-corrected chi connectivity index (χ0v) is 16.3. The van der Waals surface area contributed by atoms with Gasteiger partial charge in [-0.25, -0.2) is 14.2 Å². The van der Waals surface area contributed by atoms with Crippen molar-refractivity contribution in [3.63, 3.8) is 0 Å². The van der Waals surface area contributed by atoms with Crippen molar-refractivity contribution in [1.82, 2.24) is 0 Å². The van der Waals surface area contributed by atoms with Crippen LogP contribution in [-0.4, -0.2) is 24.1 Å². The highest BCUT2D eigenvalue weighted by Gasteiger charge is 2.13. The second-order valence-corrected chi connectivity index (χ2v) is 6.53. The molecule has 29 heavy (non-hydrogen) atoms. The summed E-state index contributed by atoms with van der Waals surface area (Å²) in [6.45, 7) is 3.83. The number of aromatic carboxylic acids is 1. The van der Waals surface area contributed by atoms with Gasteiger partial charge in [-0.15, -0.1) is 0 Å². The summed E-state index contributed by atoms with van der Waals surface area (Å²) >= 11 is 6.24. The van der Waals surface area contributed by atoms with E-state index >= 15 is 0 Å². The third-order valence-corrected chi connectivity index (χ3v) is 4.61. The lowest BCUT2D eigenvalue weighted by molar-refractivity contribution is 0.0692. The summed E-state index contributed by atoms with van der Waals surface area (Å²) in [7, 11) is 1.47. The predicted molar refractivity (Wildman–Crippen MR) is 113 cm³/mol. The zero-order chi connectivity index (χ0) is 21.0. The van der Waals surface area contributed by atoms with Crippen LogP contribution in [0.15, 0.2) is 78.3 Å². The zero-order valence-electron chi connectivity index (χ0n) is 15.5. The number of aliphatic imine (C=N–C) groups is 1. The minimum absolute atomic E-state index is 0.243. The fraction of sp³-hybridized carbons (Fsp3) is 0.0435.